The van der Waals surface area contributed by atoms with Crippen LogP contribution in [0.2, 0.25) is 0 Å². The first-order chi connectivity index (χ1) is 15.0. The number of amides is 1. The number of benzene rings is 1. The third-order valence-corrected chi connectivity index (χ3v) is 5.30. The van der Waals surface area contributed by atoms with Crippen LogP contribution in [0.25, 0.3) is 16.9 Å². The van der Waals surface area contributed by atoms with Gasteiger partial charge in [-0.15, -0.1) is 0 Å². The third-order valence-electron chi connectivity index (χ3n) is 5.30. The van der Waals surface area contributed by atoms with Crippen molar-refractivity contribution in [1.82, 2.24) is 25.1 Å². The van der Waals surface area contributed by atoms with Gasteiger partial charge in [0.25, 0.3) is 0 Å². The first-order valence-corrected chi connectivity index (χ1v) is 9.91. The maximum absolute atomic E-state index is 13.5. The number of hydrogen-bond donors (Lipinski definition) is 2. The van der Waals surface area contributed by atoms with Crippen molar-refractivity contribution < 1.29 is 23.4 Å². The molecular weight excluding hydrogens is 408 g/mol. The van der Waals surface area contributed by atoms with Crippen molar-refractivity contribution in [3.05, 3.63) is 54.8 Å². The molecule has 0 spiro atoms. The number of hydrogen-bond acceptors (Lipinski definition) is 5. The second-order valence-electron chi connectivity index (χ2n) is 7.51. The highest BCUT2D eigenvalue weighted by Crippen LogP contribution is 2.30. The fourth-order valence-electron chi connectivity index (χ4n) is 3.75. The second-order valence-corrected chi connectivity index (χ2v) is 7.51. The van der Waals surface area contributed by atoms with E-state index in [1.807, 2.05) is 0 Å². The molecule has 1 fully saturated rings. The SMILES string of the molecule is O=C(O)N[C@H]1CC[C@@H](COc2cncnc2-c2cnn(-c3cc(F)cc(F)c3)c2)CC1. The summed E-state index contributed by atoms with van der Waals surface area (Å²) in [5, 5.41) is 15.5. The number of aromatic nitrogens is 4. The third kappa shape index (κ3) is 5.14. The van der Waals surface area contributed by atoms with Crippen LogP contribution in [-0.2, 0) is 0 Å². The quantitative estimate of drug-likeness (QED) is 0.618. The first-order valence-electron chi connectivity index (χ1n) is 9.91. The van der Waals surface area contributed by atoms with Crippen LogP contribution in [0.15, 0.2) is 43.1 Å². The lowest BCUT2D eigenvalue weighted by atomic mass is 9.86. The molecule has 8 nitrogen and oxygen atoms in total. The summed E-state index contributed by atoms with van der Waals surface area (Å²) in [6.45, 7) is 0.462. The van der Waals surface area contributed by atoms with Gasteiger partial charge in [-0.25, -0.2) is 28.2 Å². The molecule has 1 aromatic carbocycles. The number of halogens is 2. The predicted molar refractivity (Wildman–Crippen MR) is 107 cm³/mol. The Bertz CT molecular complexity index is 1050. The molecule has 3 aromatic rings. The summed E-state index contributed by atoms with van der Waals surface area (Å²) < 4.78 is 34.4. The van der Waals surface area contributed by atoms with E-state index in [1.54, 1.807) is 18.6 Å². The van der Waals surface area contributed by atoms with Crippen LogP contribution < -0.4 is 10.1 Å². The van der Waals surface area contributed by atoms with Crippen molar-refractivity contribution in [2.24, 2.45) is 5.92 Å². The molecule has 2 N–H and O–H groups in total. The summed E-state index contributed by atoms with van der Waals surface area (Å²) in [7, 11) is 0. The molecule has 0 aliphatic heterocycles. The lowest BCUT2D eigenvalue weighted by molar-refractivity contribution is 0.169. The predicted octanol–water partition coefficient (Wildman–Crippen LogP) is 3.81. The van der Waals surface area contributed by atoms with Gasteiger partial charge in [0.2, 0.25) is 0 Å². The van der Waals surface area contributed by atoms with Gasteiger partial charge in [0.1, 0.15) is 23.7 Å². The summed E-state index contributed by atoms with van der Waals surface area (Å²) in [4.78, 5) is 19.1. The van der Waals surface area contributed by atoms with E-state index in [0.29, 0.717) is 29.5 Å². The lowest BCUT2D eigenvalue weighted by Gasteiger charge is -2.28. The van der Waals surface area contributed by atoms with Crippen LogP contribution >= 0.6 is 0 Å². The van der Waals surface area contributed by atoms with Crippen molar-refractivity contribution in [3.63, 3.8) is 0 Å². The molecule has 0 saturated heterocycles. The van der Waals surface area contributed by atoms with Crippen molar-refractivity contribution in [1.29, 1.82) is 0 Å². The Labute approximate surface area is 176 Å². The van der Waals surface area contributed by atoms with Crippen molar-refractivity contribution in [2.75, 3.05) is 6.61 Å². The van der Waals surface area contributed by atoms with Crippen molar-refractivity contribution in [2.45, 2.75) is 31.7 Å². The molecule has 31 heavy (non-hydrogen) atoms. The summed E-state index contributed by atoms with van der Waals surface area (Å²) in [5.74, 6) is -0.589. The Morgan fingerprint density at radius 1 is 1.16 bits per heavy atom. The van der Waals surface area contributed by atoms with E-state index in [1.165, 1.54) is 23.1 Å². The highest BCUT2D eigenvalue weighted by molar-refractivity contribution is 5.65. The molecule has 0 unspecified atom stereocenters. The summed E-state index contributed by atoms with van der Waals surface area (Å²) >= 11 is 0. The highest BCUT2D eigenvalue weighted by atomic mass is 19.1. The Morgan fingerprint density at radius 2 is 1.90 bits per heavy atom. The Morgan fingerprint density at radius 3 is 2.61 bits per heavy atom. The number of rotatable bonds is 6. The van der Waals surface area contributed by atoms with Crippen molar-refractivity contribution >= 4 is 6.09 Å². The summed E-state index contributed by atoms with van der Waals surface area (Å²) in [5.41, 5.74) is 1.41. The zero-order valence-electron chi connectivity index (χ0n) is 16.5. The number of carbonyl (C=O) groups is 1. The van der Waals surface area contributed by atoms with Gasteiger partial charge >= 0.3 is 6.09 Å². The molecule has 1 amide bonds. The normalized spacial score (nSPS) is 18.5. The van der Waals surface area contributed by atoms with Gasteiger partial charge in [0, 0.05) is 23.9 Å². The molecule has 4 rings (SSSR count). The lowest BCUT2D eigenvalue weighted by Crippen LogP contribution is -2.37. The van der Waals surface area contributed by atoms with Gasteiger partial charge in [0.05, 0.1) is 24.7 Å². The average Bonchev–Trinajstić information content (AvgIpc) is 3.23. The minimum absolute atomic E-state index is 0.0112. The minimum Gasteiger partial charge on any atom is -0.489 e. The van der Waals surface area contributed by atoms with Crippen LogP contribution in [0.4, 0.5) is 13.6 Å². The first kappa shape index (κ1) is 20.7. The molecule has 1 aliphatic rings. The number of ether oxygens (including phenoxy) is 1. The maximum atomic E-state index is 13.5. The van der Waals surface area contributed by atoms with E-state index >= 15 is 0 Å². The monoisotopic (exact) mass is 429 g/mol. The smallest absolute Gasteiger partial charge is 0.404 e. The van der Waals surface area contributed by atoms with Gasteiger partial charge in [-0.05, 0) is 43.7 Å². The van der Waals surface area contributed by atoms with Gasteiger partial charge in [-0.2, -0.15) is 5.10 Å². The molecule has 1 saturated carbocycles. The van der Waals surface area contributed by atoms with Crippen molar-refractivity contribution in [3.8, 4) is 22.7 Å². The number of carboxylic acid groups (broad SMARTS) is 1. The molecule has 2 aromatic heterocycles. The standard InChI is InChI=1S/C21H21F2N5O3/c22-15-5-16(23)7-18(6-15)28-10-14(8-26-28)20-19(9-24-12-25-20)31-11-13-1-3-17(4-2-13)27-21(29)30/h5-10,12-13,17,27H,1-4,11H2,(H,29,30)/t13-,17+. The van der Waals surface area contributed by atoms with Gasteiger partial charge < -0.3 is 15.2 Å². The van der Waals surface area contributed by atoms with Gasteiger partial charge in [-0.1, -0.05) is 0 Å². The largest absolute Gasteiger partial charge is 0.489 e. The van der Waals surface area contributed by atoms with Crippen LogP contribution in [0.1, 0.15) is 25.7 Å². The fourth-order valence-corrected chi connectivity index (χ4v) is 3.75. The van der Waals surface area contributed by atoms with Crippen LogP contribution in [-0.4, -0.2) is 43.6 Å². The van der Waals surface area contributed by atoms with E-state index in [4.69, 9.17) is 9.84 Å². The van der Waals surface area contributed by atoms with E-state index in [2.05, 4.69) is 20.4 Å². The highest BCUT2D eigenvalue weighted by Gasteiger charge is 2.23. The molecule has 0 atom stereocenters. The molecule has 162 valence electrons. The van der Waals surface area contributed by atoms with Crippen LogP contribution in [0.5, 0.6) is 5.75 Å². The van der Waals surface area contributed by atoms with E-state index in [-0.39, 0.29) is 11.7 Å². The van der Waals surface area contributed by atoms with Gasteiger partial charge in [-0.3, -0.25) is 0 Å². The van der Waals surface area contributed by atoms with E-state index < -0.39 is 17.7 Å². The maximum Gasteiger partial charge on any atom is 0.404 e. The molecule has 2 heterocycles. The summed E-state index contributed by atoms with van der Waals surface area (Å²) in [6.07, 6.45) is 8.39. The molecular formula is C21H21F2N5O3. The minimum atomic E-state index is -0.993. The Balaban J connectivity index is 1.44. The fraction of sp³-hybridized carbons (Fsp3) is 0.333. The topological polar surface area (TPSA) is 102 Å². The molecule has 0 radical (unpaired) electrons. The Kier molecular flexibility index (Phi) is 6.06. The number of nitrogens with one attached hydrogen (secondary N) is 1. The molecule has 1 aliphatic carbocycles. The van der Waals surface area contributed by atoms with Crippen LogP contribution in [0.3, 0.4) is 0 Å². The number of nitrogens with zero attached hydrogens (tertiary/aromatic N) is 4. The zero-order valence-corrected chi connectivity index (χ0v) is 16.5. The Hall–Kier alpha value is -3.56. The molecule has 0 bridgehead atoms. The molecule has 10 heteroatoms. The zero-order chi connectivity index (χ0) is 21.8. The summed E-state index contributed by atoms with van der Waals surface area (Å²) in [6, 6.07) is 3.16. The van der Waals surface area contributed by atoms with Crippen LogP contribution in [0, 0.1) is 17.6 Å². The van der Waals surface area contributed by atoms with E-state index in [9.17, 15) is 13.6 Å². The van der Waals surface area contributed by atoms with E-state index in [0.717, 1.165) is 31.7 Å². The van der Waals surface area contributed by atoms with Gasteiger partial charge in [0.15, 0.2) is 5.75 Å². The average molecular weight is 429 g/mol. The second kappa shape index (κ2) is 9.07.